The maximum absolute atomic E-state index is 4.38. The van der Waals surface area contributed by atoms with Crippen LogP contribution < -0.4 is 0 Å². The molecule has 3 nitrogen and oxygen atoms in total. The summed E-state index contributed by atoms with van der Waals surface area (Å²) in [4.78, 5) is 0. The largest absolute Gasteiger partial charge is 0.305 e. The smallest absolute Gasteiger partial charge is 0.191 e. The maximum Gasteiger partial charge on any atom is 0.191 e. The summed E-state index contributed by atoms with van der Waals surface area (Å²) in [5.41, 5.74) is 5.05. The topological polar surface area (TPSA) is 30.7 Å². The van der Waals surface area contributed by atoms with Crippen LogP contribution in [-0.2, 0) is 12.8 Å². The van der Waals surface area contributed by atoms with Crippen molar-refractivity contribution < 1.29 is 0 Å². The number of aryl methyl sites for hydroxylation is 1. The molecule has 0 aliphatic carbocycles. The first-order valence-corrected chi connectivity index (χ1v) is 9.21. The van der Waals surface area contributed by atoms with Gasteiger partial charge in [0, 0.05) is 18.4 Å². The highest BCUT2D eigenvalue weighted by atomic mass is 32.2. The Morgan fingerprint density at radius 3 is 2.46 bits per heavy atom. The number of nitrogens with zero attached hydrogens (tertiary/aromatic N) is 3. The summed E-state index contributed by atoms with van der Waals surface area (Å²) in [6.45, 7) is 6.53. The van der Waals surface area contributed by atoms with Crippen molar-refractivity contribution in [3.63, 3.8) is 0 Å². The Bertz CT molecular complexity index is 819. The molecule has 0 aliphatic heterocycles. The molecular weight excluding hydrogens is 314 g/mol. The van der Waals surface area contributed by atoms with E-state index >= 15 is 0 Å². The Hall–Kier alpha value is -2.07. The van der Waals surface area contributed by atoms with E-state index in [-0.39, 0.29) is 0 Å². The predicted octanol–water partition coefficient (Wildman–Crippen LogP) is 5.21. The van der Waals surface area contributed by atoms with Crippen LogP contribution in [0.5, 0.6) is 0 Å². The van der Waals surface area contributed by atoms with E-state index in [9.17, 15) is 0 Å². The van der Waals surface area contributed by atoms with Crippen molar-refractivity contribution in [2.24, 2.45) is 7.05 Å². The van der Waals surface area contributed by atoms with Crippen LogP contribution in [0.25, 0.3) is 11.4 Å². The quantitative estimate of drug-likeness (QED) is 0.599. The summed E-state index contributed by atoms with van der Waals surface area (Å²) in [6.07, 6.45) is 0. The zero-order chi connectivity index (χ0) is 17.1. The second kappa shape index (κ2) is 7.22. The van der Waals surface area contributed by atoms with Gasteiger partial charge in [-0.05, 0) is 24.0 Å². The van der Waals surface area contributed by atoms with E-state index in [0.29, 0.717) is 5.92 Å². The monoisotopic (exact) mass is 337 g/mol. The van der Waals surface area contributed by atoms with E-state index in [1.54, 1.807) is 11.8 Å². The second-order valence-electron chi connectivity index (χ2n) is 6.42. The molecule has 1 heterocycles. The Kier molecular flexibility index (Phi) is 5.05. The molecule has 3 rings (SSSR count). The average molecular weight is 337 g/mol. The summed E-state index contributed by atoms with van der Waals surface area (Å²) in [6, 6.07) is 17.2. The van der Waals surface area contributed by atoms with Crippen molar-refractivity contribution in [3.8, 4) is 11.4 Å². The van der Waals surface area contributed by atoms with Gasteiger partial charge in [-0.1, -0.05) is 79.7 Å². The normalized spacial score (nSPS) is 11.2. The van der Waals surface area contributed by atoms with Gasteiger partial charge in [-0.2, -0.15) is 0 Å². The van der Waals surface area contributed by atoms with E-state index in [0.717, 1.165) is 22.3 Å². The zero-order valence-electron chi connectivity index (χ0n) is 14.7. The van der Waals surface area contributed by atoms with Crippen LogP contribution in [-0.4, -0.2) is 14.8 Å². The average Bonchev–Trinajstić information content (AvgIpc) is 2.94. The van der Waals surface area contributed by atoms with E-state index < -0.39 is 0 Å². The minimum absolute atomic E-state index is 0.541. The van der Waals surface area contributed by atoms with Crippen LogP contribution in [0.15, 0.2) is 53.7 Å². The van der Waals surface area contributed by atoms with Gasteiger partial charge in [0.2, 0.25) is 0 Å². The van der Waals surface area contributed by atoms with E-state index in [1.807, 2.05) is 7.05 Å². The van der Waals surface area contributed by atoms with Crippen molar-refractivity contribution in [1.82, 2.24) is 14.8 Å². The molecule has 0 radical (unpaired) electrons. The molecule has 0 unspecified atom stereocenters. The molecule has 0 bridgehead atoms. The van der Waals surface area contributed by atoms with Gasteiger partial charge in [0.1, 0.15) is 0 Å². The van der Waals surface area contributed by atoms with Crippen molar-refractivity contribution in [2.45, 2.75) is 37.6 Å². The molecular formula is C20H23N3S. The first-order valence-electron chi connectivity index (χ1n) is 8.22. The second-order valence-corrected chi connectivity index (χ2v) is 7.36. The van der Waals surface area contributed by atoms with Crippen molar-refractivity contribution in [2.75, 3.05) is 0 Å². The highest BCUT2D eigenvalue weighted by Crippen LogP contribution is 2.26. The van der Waals surface area contributed by atoms with Gasteiger partial charge in [0.25, 0.3) is 0 Å². The number of aromatic nitrogens is 3. The van der Waals surface area contributed by atoms with Crippen LogP contribution >= 0.6 is 11.8 Å². The van der Waals surface area contributed by atoms with Crippen molar-refractivity contribution >= 4 is 11.8 Å². The predicted molar refractivity (Wildman–Crippen MR) is 101 cm³/mol. The first-order chi connectivity index (χ1) is 11.5. The van der Waals surface area contributed by atoms with Crippen LogP contribution in [0.2, 0.25) is 0 Å². The standard InChI is InChI=1S/C20H23N3S/c1-14(2)17-8-10-18(11-9-17)19-21-22-20(23(19)4)24-13-16-7-5-6-15(3)12-16/h5-12,14H,13H2,1-4H3. The third-order valence-electron chi connectivity index (χ3n) is 4.12. The minimum Gasteiger partial charge on any atom is -0.305 e. The van der Waals surface area contributed by atoms with Gasteiger partial charge in [-0.15, -0.1) is 10.2 Å². The fraction of sp³-hybridized carbons (Fsp3) is 0.300. The summed E-state index contributed by atoms with van der Waals surface area (Å²) in [5.74, 6) is 2.36. The summed E-state index contributed by atoms with van der Waals surface area (Å²) < 4.78 is 2.07. The van der Waals surface area contributed by atoms with E-state index in [1.165, 1.54) is 16.7 Å². The number of hydrogen-bond donors (Lipinski definition) is 0. The minimum atomic E-state index is 0.541. The lowest BCUT2D eigenvalue weighted by Gasteiger charge is -2.07. The van der Waals surface area contributed by atoms with Gasteiger partial charge < -0.3 is 4.57 Å². The van der Waals surface area contributed by atoms with Crippen LogP contribution in [0, 0.1) is 6.92 Å². The molecule has 0 aliphatic rings. The number of benzene rings is 2. The van der Waals surface area contributed by atoms with E-state index in [2.05, 4.69) is 84.1 Å². The molecule has 0 saturated carbocycles. The Balaban J connectivity index is 1.76. The van der Waals surface area contributed by atoms with Crippen LogP contribution in [0.4, 0.5) is 0 Å². The molecule has 0 fully saturated rings. The molecule has 0 N–H and O–H groups in total. The van der Waals surface area contributed by atoms with Gasteiger partial charge in [0.05, 0.1) is 0 Å². The SMILES string of the molecule is Cc1cccc(CSc2nnc(-c3ccc(C(C)C)cc3)n2C)c1. The molecule has 0 spiro atoms. The highest BCUT2D eigenvalue weighted by Gasteiger charge is 2.11. The lowest BCUT2D eigenvalue weighted by molar-refractivity contribution is 0.793. The first kappa shape index (κ1) is 16.8. The highest BCUT2D eigenvalue weighted by molar-refractivity contribution is 7.98. The molecule has 0 saturated heterocycles. The van der Waals surface area contributed by atoms with Gasteiger partial charge >= 0.3 is 0 Å². The summed E-state index contributed by atoms with van der Waals surface area (Å²) >= 11 is 1.72. The molecule has 4 heteroatoms. The third kappa shape index (κ3) is 3.70. The Labute approximate surface area is 148 Å². The summed E-state index contributed by atoms with van der Waals surface area (Å²) in [5, 5.41) is 9.69. The number of thioether (sulfide) groups is 1. The molecule has 0 atom stereocenters. The molecule has 3 aromatic rings. The van der Waals surface area contributed by atoms with Gasteiger partial charge in [0.15, 0.2) is 11.0 Å². The number of rotatable bonds is 5. The molecule has 1 aromatic heterocycles. The van der Waals surface area contributed by atoms with Crippen LogP contribution in [0.1, 0.15) is 36.5 Å². The third-order valence-corrected chi connectivity index (χ3v) is 5.21. The molecule has 0 amide bonds. The van der Waals surface area contributed by atoms with Crippen LogP contribution in [0.3, 0.4) is 0 Å². The Morgan fingerprint density at radius 2 is 1.79 bits per heavy atom. The lowest BCUT2D eigenvalue weighted by Crippen LogP contribution is -1.96. The number of hydrogen-bond acceptors (Lipinski definition) is 3. The zero-order valence-corrected chi connectivity index (χ0v) is 15.5. The fourth-order valence-electron chi connectivity index (χ4n) is 2.66. The fourth-order valence-corrected chi connectivity index (χ4v) is 3.51. The lowest BCUT2D eigenvalue weighted by atomic mass is 10.0. The van der Waals surface area contributed by atoms with Gasteiger partial charge in [-0.25, -0.2) is 0 Å². The van der Waals surface area contributed by atoms with E-state index in [4.69, 9.17) is 0 Å². The van der Waals surface area contributed by atoms with Crippen molar-refractivity contribution in [1.29, 1.82) is 0 Å². The molecule has 2 aromatic carbocycles. The van der Waals surface area contributed by atoms with Crippen molar-refractivity contribution in [3.05, 3.63) is 65.2 Å². The van der Waals surface area contributed by atoms with Gasteiger partial charge in [-0.3, -0.25) is 0 Å². The summed E-state index contributed by atoms with van der Waals surface area (Å²) in [7, 11) is 2.03. The molecule has 24 heavy (non-hydrogen) atoms. The molecule has 124 valence electrons. The Morgan fingerprint density at radius 1 is 1.04 bits per heavy atom. The maximum atomic E-state index is 4.38.